The molecule has 0 unspecified atom stereocenters. The van der Waals surface area contributed by atoms with Gasteiger partial charge in [-0.25, -0.2) is 0 Å². The monoisotopic (exact) mass is 882 g/mol. The zero-order valence-corrected chi connectivity index (χ0v) is 40.3. The van der Waals surface area contributed by atoms with Crippen LogP contribution in [-0.2, 0) is 0 Å². The summed E-state index contributed by atoms with van der Waals surface area (Å²) in [7, 11) is -3.13. The smallest absolute Gasteiger partial charge is 0.0776 e. The van der Waals surface area contributed by atoms with Crippen LogP contribution in [0.25, 0.3) is 76.2 Å². The molecule has 0 aliphatic rings. The van der Waals surface area contributed by atoms with Crippen LogP contribution >= 0.6 is 0 Å². The number of aromatic nitrogens is 2. The van der Waals surface area contributed by atoms with E-state index < -0.39 is 16.1 Å². The van der Waals surface area contributed by atoms with Gasteiger partial charge in [0, 0.05) is 77.2 Å². The molecule has 0 saturated heterocycles. The Morgan fingerprint density at radius 1 is 0.273 bits per heavy atom. The summed E-state index contributed by atoms with van der Waals surface area (Å²) in [5, 5.41) is 13.1. The minimum atomic E-state index is -1.56. The van der Waals surface area contributed by atoms with E-state index in [1.807, 2.05) is 0 Å². The van der Waals surface area contributed by atoms with E-state index in [0.717, 1.165) is 22.7 Å². The van der Waals surface area contributed by atoms with Gasteiger partial charge in [0.2, 0.25) is 0 Å². The predicted octanol–water partition coefficient (Wildman–Crippen LogP) is 16.0. The highest BCUT2D eigenvalue weighted by molar-refractivity contribution is 6.89. The highest BCUT2D eigenvalue weighted by atomic mass is 28.3. The average molecular weight is 883 g/mol. The van der Waals surface area contributed by atoms with E-state index in [4.69, 9.17) is 0 Å². The first-order valence-corrected chi connectivity index (χ1v) is 30.3. The molecule has 4 heterocycles. The van der Waals surface area contributed by atoms with Crippen molar-refractivity contribution >= 4 is 137 Å². The van der Waals surface area contributed by atoms with E-state index in [-0.39, 0.29) is 0 Å². The lowest BCUT2D eigenvalue weighted by Gasteiger charge is -2.27. The van der Waals surface area contributed by atoms with Crippen molar-refractivity contribution in [1.29, 1.82) is 0 Å². The summed E-state index contributed by atoms with van der Waals surface area (Å²) in [6.07, 6.45) is 0. The number of fused-ring (bicyclic) bond motifs is 12. The van der Waals surface area contributed by atoms with Gasteiger partial charge in [-0.2, -0.15) is 0 Å². The highest BCUT2D eigenvalue weighted by Gasteiger charge is 2.26. The van der Waals surface area contributed by atoms with Gasteiger partial charge in [0.15, 0.2) is 0 Å². The molecular weight excluding hydrogens is 833 g/mol. The van der Waals surface area contributed by atoms with Crippen molar-refractivity contribution in [2.45, 2.75) is 39.3 Å². The molecule has 4 aromatic heterocycles. The topological polar surface area (TPSA) is 15.3 Å². The molecule has 0 bridgehead atoms. The van der Waals surface area contributed by atoms with E-state index in [0.29, 0.717) is 0 Å². The Kier molecular flexibility index (Phi) is 8.31. The quantitative estimate of drug-likeness (QED) is 0.141. The Labute approximate surface area is 386 Å². The lowest BCUT2D eigenvalue weighted by molar-refractivity contribution is 1.28. The summed E-state index contributed by atoms with van der Waals surface area (Å²) >= 11 is 0. The lowest BCUT2D eigenvalue weighted by Crippen LogP contribution is -2.37. The molecule has 0 amide bonds. The van der Waals surface area contributed by atoms with Gasteiger partial charge in [0.25, 0.3) is 0 Å². The number of hydrogen-bond donors (Lipinski definition) is 0. The molecule has 0 aliphatic heterocycles. The van der Waals surface area contributed by atoms with E-state index >= 15 is 0 Å². The first-order chi connectivity index (χ1) is 32.0. The van der Waals surface area contributed by atoms with Crippen molar-refractivity contribution in [2.75, 3.05) is 9.80 Å². The molecular formula is C60H50N4Si2. The molecule has 0 spiro atoms. The van der Waals surface area contributed by atoms with Crippen LogP contribution in [0.3, 0.4) is 0 Å². The minimum absolute atomic E-state index is 1.15. The second-order valence-corrected chi connectivity index (χ2v) is 30.5. The minimum Gasteiger partial charge on any atom is -0.310 e. The van der Waals surface area contributed by atoms with Crippen LogP contribution < -0.4 is 20.2 Å². The van der Waals surface area contributed by atoms with E-state index in [2.05, 4.69) is 252 Å². The molecule has 0 atom stereocenters. The zero-order chi connectivity index (χ0) is 44.6. The maximum Gasteiger partial charge on any atom is 0.0776 e. The number of anilines is 6. The SMILES string of the molecule is C[Si](C)(C)c1cccc(N(c2ccccc2)c2ccc3c4cccc5c6cc7c(cc6n(c3c2)c45)c2cccc3c4ccc(N(c5ccccc5)c5cccc([Si](C)(C)C)c5)cc4n7c32)c1. The standard InChI is InChI=1S/C60H50N4Si2/c1-65(2,3)45-23-13-21-41(33-45)61(39-17-9-7-10-18-39)43-29-31-47-49-25-15-27-51-53-38-58-54(37-57(53)63(59(49)51)55(47)35-43)52-28-16-26-50-48-32-30-44(36-56(48)64(58)60(50)52)62(40-19-11-8-12-20-40)42-22-14-24-46(34-42)66(4,5)6/h7-38H,1-6H3. The van der Waals surface area contributed by atoms with Gasteiger partial charge in [-0.1, -0.05) is 159 Å². The zero-order valence-electron chi connectivity index (χ0n) is 38.3. The summed E-state index contributed by atoms with van der Waals surface area (Å²) < 4.78 is 5.11. The van der Waals surface area contributed by atoms with Crippen LogP contribution in [0.4, 0.5) is 34.1 Å². The molecule has 0 saturated carbocycles. The molecule has 9 aromatic carbocycles. The summed E-state index contributed by atoms with van der Waals surface area (Å²) in [6, 6.07) is 73.0. The molecule has 13 rings (SSSR count). The van der Waals surface area contributed by atoms with Crippen LogP contribution in [0.15, 0.2) is 194 Å². The summed E-state index contributed by atoms with van der Waals surface area (Å²) in [4.78, 5) is 4.87. The van der Waals surface area contributed by atoms with Crippen LogP contribution in [0.2, 0.25) is 39.3 Å². The van der Waals surface area contributed by atoms with Gasteiger partial charge in [0.1, 0.15) is 0 Å². The van der Waals surface area contributed by atoms with Crippen molar-refractivity contribution in [2.24, 2.45) is 0 Å². The van der Waals surface area contributed by atoms with Crippen LogP contribution in [0.5, 0.6) is 0 Å². The van der Waals surface area contributed by atoms with Crippen LogP contribution in [-0.4, -0.2) is 24.9 Å². The summed E-state index contributed by atoms with van der Waals surface area (Å²) in [5.74, 6) is 0. The lowest BCUT2D eigenvalue weighted by atomic mass is 10.0. The van der Waals surface area contributed by atoms with Gasteiger partial charge >= 0.3 is 0 Å². The first-order valence-electron chi connectivity index (χ1n) is 23.3. The molecule has 318 valence electrons. The molecule has 6 heteroatoms. The van der Waals surface area contributed by atoms with Gasteiger partial charge in [-0.05, 0) is 84.9 Å². The fourth-order valence-corrected chi connectivity index (χ4v) is 13.3. The maximum atomic E-state index is 2.55. The summed E-state index contributed by atoms with van der Waals surface area (Å²) in [5.41, 5.74) is 14.5. The van der Waals surface area contributed by atoms with Crippen LogP contribution in [0.1, 0.15) is 0 Å². The number of para-hydroxylation sites is 4. The largest absolute Gasteiger partial charge is 0.310 e. The third kappa shape index (κ3) is 5.74. The van der Waals surface area contributed by atoms with Crippen molar-refractivity contribution < 1.29 is 0 Å². The molecule has 13 aromatic rings. The summed E-state index contributed by atoms with van der Waals surface area (Å²) in [6.45, 7) is 14.6. The van der Waals surface area contributed by atoms with E-state index in [1.54, 1.807) is 0 Å². The van der Waals surface area contributed by atoms with Gasteiger partial charge in [-0.3, -0.25) is 0 Å². The van der Waals surface area contributed by atoms with Gasteiger partial charge in [0.05, 0.1) is 49.2 Å². The third-order valence-electron chi connectivity index (χ3n) is 14.2. The van der Waals surface area contributed by atoms with Gasteiger partial charge < -0.3 is 18.6 Å². The Hall–Kier alpha value is -7.39. The van der Waals surface area contributed by atoms with Crippen molar-refractivity contribution in [3.05, 3.63) is 194 Å². The van der Waals surface area contributed by atoms with Crippen LogP contribution in [0, 0.1) is 0 Å². The molecule has 0 N–H and O–H groups in total. The van der Waals surface area contributed by atoms with E-state index in [9.17, 15) is 0 Å². The Balaban J connectivity index is 1.05. The number of hydrogen-bond acceptors (Lipinski definition) is 2. The van der Waals surface area contributed by atoms with Crippen molar-refractivity contribution in [3.63, 3.8) is 0 Å². The third-order valence-corrected chi connectivity index (χ3v) is 18.3. The normalized spacial score (nSPS) is 12.7. The fraction of sp³-hybridized carbons (Fsp3) is 0.100. The molecule has 66 heavy (non-hydrogen) atoms. The number of benzene rings is 9. The fourth-order valence-electron chi connectivity index (χ4n) is 11.0. The Morgan fingerprint density at radius 2 is 0.606 bits per heavy atom. The molecule has 0 aliphatic carbocycles. The second kappa shape index (κ2) is 14.1. The number of nitrogens with zero attached hydrogens (tertiary/aromatic N) is 4. The Bertz CT molecular complexity index is 3760. The predicted molar refractivity (Wildman–Crippen MR) is 291 cm³/mol. The van der Waals surface area contributed by atoms with Crippen molar-refractivity contribution in [3.8, 4) is 0 Å². The maximum absolute atomic E-state index is 2.55. The first kappa shape index (κ1) is 39.0. The van der Waals surface area contributed by atoms with Gasteiger partial charge in [-0.15, -0.1) is 0 Å². The average Bonchev–Trinajstić information content (AvgIpc) is 4.05. The van der Waals surface area contributed by atoms with Crippen molar-refractivity contribution in [1.82, 2.24) is 8.80 Å². The Morgan fingerprint density at radius 3 is 1.00 bits per heavy atom. The second-order valence-electron chi connectivity index (χ2n) is 20.3. The molecule has 0 fully saturated rings. The molecule has 4 nitrogen and oxygen atoms in total. The van der Waals surface area contributed by atoms with E-state index in [1.165, 1.54) is 97.9 Å². The molecule has 0 radical (unpaired) electrons. The highest BCUT2D eigenvalue weighted by Crippen LogP contribution is 2.47. The number of rotatable bonds is 8.